The van der Waals surface area contributed by atoms with Gasteiger partial charge in [0.1, 0.15) is 0 Å². The first-order valence-electron chi connectivity index (χ1n) is 4.41. The third kappa shape index (κ3) is 2.35. The Hall–Kier alpha value is -0.820. The predicted octanol–water partition coefficient (Wildman–Crippen LogP) is 2.23. The van der Waals surface area contributed by atoms with Crippen LogP contribution in [-0.2, 0) is 6.42 Å². The molecular formula is C11H16O. The highest BCUT2D eigenvalue weighted by Gasteiger charge is 1.95. The number of hydrogen-bond acceptors (Lipinski definition) is 1. The second-order valence-electron chi connectivity index (χ2n) is 3.25. The van der Waals surface area contributed by atoms with Gasteiger partial charge in [0.05, 0.1) is 0 Å². The first-order valence-corrected chi connectivity index (χ1v) is 4.41. The lowest BCUT2D eigenvalue weighted by Crippen LogP contribution is -1.91. The molecule has 0 heterocycles. The molecule has 0 aromatic heterocycles. The third-order valence-corrected chi connectivity index (χ3v) is 2.19. The first-order chi connectivity index (χ1) is 5.74. The van der Waals surface area contributed by atoms with Gasteiger partial charge in [0.2, 0.25) is 0 Å². The molecule has 1 aromatic rings. The lowest BCUT2D eigenvalue weighted by atomic mass is 10.0. The minimum atomic E-state index is 0.285. The summed E-state index contributed by atoms with van der Waals surface area (Å²) in [6.07, 6.45) is 1.85. The van der Waals surface area contributed by atoms with Crippen molar-refractivity contribution in [2.24, 2.45) is 0 Å². The van der Waals surface area contributed by atoms with Crippen molar-refractivity contribution in [1.29, 1.82) is 0 Å². The summed E-state index contributed by atoms with van der Waals surface area (Å²) >= 11 is 0. The normalized spacial score (nSPS) is 10.2. The van der Waals surface area contributed by atoms with Crippen molar-refractivity contribution in [2.45, 2.75) is 26.7 Å². The van der Waals surface area contributed by atoms with E-state index < -0.39 is 0 Å². The molecule has 1 rings (SSSR count). The summed E-state index contributed by atoms with van der Waals surface area (Å²) in [5.41, 5.74) is 4.00. The minimum absolute atomic E-state index is 0.285. The van der Waals surface area contributed by atoms with E-state index in [1.807, 2.05) is 0 Å². The van der Waals surface area contributed by atoms with Gasteiger partial charge in [0, 0.05) is 6.61 Å². The van der Waals surface area contributed by atoms with Gasteiger partial charge in [0.15, 0.2) is 0 Å². The van der Waals surface area contributed by atoms with Gasteiger partial charge in [-0.15, -0.1) is 0 Å². The third-order valence-electron chi connectivity index (χ3n) is 2.19. The number of aliphatic hydroxyl groups excluding tert-OH is 1. The second-order valence-corrected chi connectivity index (χ2v) is 3.25. The average molecular weight is 164 g/mol. The molecular weight excluding hydrogens is 148 g/mol. The van der Waals surface area contributed by atoms with Crippen LogP contribution in [0, 0.1) is 13.8 Å². The molecule has 1 heteroatoms. The summed E-state index contributed by atoms with van der Waals surface area (Å²) in [4.78, 5) is 0. The fourth-order valence-corrected chi connectivity index (χ4v) is 1.24. The molecule has 0 amide bonds. The van der Waals surface area contributed by atoms with Crippen LogP contribution in [0.5, 0.6) is 0 Å². The Morgan fingerprint density at radius 1 is 1.17 bits per heavy atom. The molecule has 1 nitrogen and oxygen atoms in total. The second kappa shape index (κ2) is 4.27. The smallest absolute Gasteiger partial charge is 0.0434 e. The summed E-state index contributed by atoms with van der Waals surface area (Å²) < 4.78 is 0. The zero-order chi connectivity index (χ0) is 8.97. The van der Waals surface area contributed by atoms with Crippen LogP contribution in [0.4, 0.5) is 0 Å². The molecule has 0 aliphatic heterocycles. The maximum atomic E-state index is 8.65. The molecule has 0 unspecified atom stereocenters. The Bertz CT molecular complexity index is 253. The fraction of sp³-hybridized carbons (Fsp3) is 0.455. The molecule has 0 aliphatic rings. The quantitative estimate of drug-likeness (QED) is 0.726. The van der Waals surface area contributed by atoms with E-state index in [0.29, 0.717) is 0 Å². The Balaban J connectivity index is 2.69. The van der Waals surface area contributed by atoms with Crippen molar-refractivity contribution in [1.82, 2.24) is 0 Å². The Kier molecular flexibility index (Phi) is 3.30. The van der Waals surface area contributed by atoms with Crippen molar-refractivity contribution in [3.8, 4) is 0 Å². The SMILES string of the molecule is Cc1ccc(CCCO)cc1C. The monoisotopic (exact) mass is 164 g/mol. The summed E-state index contributed by atoms with van der Waals surface area (Å²) in [5.74, 6) is 0. The lowest BCUT2D eigenvalue weighted by Gasteiger charge is -2.03. The summed E-state index contributed by atoms with van der Waals surface area (Å²) in [6, 6.07) is 6.48. The molecule has 1 N–H and O–H groups in total. The molecule has 0 saturated heterocycles. The van der Waals surface area contributed by atoms with Gasteiger partial charge in [-0.1, -0.05) is 18.2 Å². The molecule has 0 atom stereocenters. The number of rotatable bonds is 3. The molecule has 1 aromatic carbocycles. The van der Waals surface area contributed by atoms with Gasteiger partial charge in [-0.2, -0.15) is 0 Å². The molecule has 0 fully saturated rings. The molecule has 0 radical (unpaired) electrons. The summed E-state index contributed by atoms with van der Waals surface area (Å²) in [7, 11) is 0. The zero-order valence-corrected chi connectivity index (χ0v) is 7.80. The summed E-state index contributed by atoms with van der Waals surface area (Å²) in [6.45, 7) is 4.52. The van der Waals surface area contributed by atoms with Gasteiger partial charge in [-0.25, -0.2) is 0 Å². The van der Waals surface area contributed by atoms with Crippen LogP contribution in [0.2, 0.25) is 0 Å². The van der Waals surface area contributed by atoms with Crippen LogP contribution in [0.25, 0.3) is 0 Å². The zero-order valence-electron chi connectivity index (χ0n) is 7.80. The maximum absolute atomic E-state index is 8.65. The standard InChI is InChI=1S/C11H16O/c1-9-5-6-11(4-3-7-12)8-10(9)2/h5-6,8,12H,3-4,7H2,1-2H3. The van der Waals surface area contributed by atoms with Crippen LogP contribution in [-0.4, -0.2) is 11.7 Å². The van der Waals surface area contributed by atoms with Gasteiger partial charge in [-0.3, -0.25) is 0 Å². The van der Waals surface area contributed by atoms with Crippen LogP contribution in [0.3, 0.4) is 0 Å². The largest absolute Gasteiger partial charge is 0.396 e. The van der Waals surface area contributed by atoms with E-state index in [0.717, 1.165) is 12.8 Å². The van der Waals surface area contributed by atoms with Gasteiger partial charge in [-0.05, 0) is 43.4 Å². The van der Waals surface area contributed by atoms with Gasteiger partial charge >= 0.3 is 0 Å². The van der Waals surface area contributed by atoms with Crippen molar-refractivity contribution in [3.05, 3.63) is 34.9 Å². The highest BCUT2D eigenvalue weighted by Crippen LogP contribution is 2.10. The van der Waals surface area contributed by atoms with E-state index >= 15 is 0 Å². The highest BCUT2D eigenvalue weighted by molar-refractivity contribution is 5.29. The predicted molar refractivity (Wildman–Crippen MR) is 51.3 cm³/mol. The molecule has 0 saturated carbocycles. The molecule has 0 bridgehead atoms. The Morgan fingerprint density at radius 3 is 2.50 bits per heavy atom. The molecule has 66 valence electrons. The Morgan fingerprint density at radius 2 is 1.92 bits per heavy atom. The van der Waals surface area contributed by atoms with Crippen LogP contribution in [0.1, 0.15) is 23.1 Å². The van der Waals surface area contributed by atoms with Crippen molar-refractivity contribution in [2.75, 3.05) is 6.61 Å². The first kappa shape index (κ1) is 9.27. The fourth-order valence-electron chi connectivity index (χ4n) is 1.24. The number of hydrogen-bond donors (Lipinski definition) is 1. The van der Waals surface area contributed by atoms with Crippen LogP contribution >= 0.6 is 0 Å². The van der Waals surface area contributed by atoms with E-state index in [2.05, 4.69) is 32.0 Å². The van der Waals surface area contributed by atoms with Crippen molar-refractivity contribution >= 4 is 0 Å². The van der Waals surface area contributed by atoms with E-state index in [1.165, 1.54) is 16.7 Å². The van der Waals surface area contributed by atoms with E-state index in [4.69, 9.17) is 5.11 Å². The maximum Gasteiger partial charge on any atom is 0.0434 e. The highest BCUT2D eigenvalue weighted by atomic mass is 16.2. The average Bonchev–Trinajstić information content (AvgIpc) is 2.07. The Labute approximate surface area is 74.1 Å². The van der Waals surface area contributed by atoms with Crippen LogP contribution in [0.15, 0.2) is 18.2 Å². The van der Waals surface area contributed by atoms with E-state index in [9.17, 15) is 0 Å². The van der Waals surface area contributed by atoms with Crippen molar-refractivity contribution in [3.63, 3.8) is 0 Å². The lowest BCUT2D eigenvalue weighted by molar-refractivity contribution is 0.288. The number of aliphatic hydroxyl groups is 1. The van der Waals surface area contributed by atoms with Crippen molar-refractivity contribution < 1.29 is 5.11 Å². The molecule has 12 heavy (non-hydrogen) atoms. The number of benzene rings is 1. The van der Waals surface area contributed by atoms with E-state index in [1.54, 1.807) is 0 Å². The van der Waals surface area contributed by atoms with Gasteiger partial charge in [0.25, 0.3) is 0 Å². The summed E-state index contributed by atoms with van der Waals surface area (Å²) in [5, 5.41) is 8.65. The molecule has 0 aliphatic carbocycles. The minimum Gasteiger partial charge on any atom is -0.396 e. The van der Waals surface area contributed by atoms with Crippen LogP contribution < -0.4 is 0 Å². The topological polar surface area (TPSA) is 20.2 Å². The number of aryl methyl sites for hydroxylation is 3. The van der Waals surface area contributed by atoms with Gasteiger partial charge < -0.3 is 5.11 Å². The van der Waals surface area contributed by atoms with E-state index in [-0.39, 0.29) is 6.61 Å². The molecule has 0 spiro atoms.